The molecular formula is C17H11FN6O2. The number of fused-ring (bicyclic) bond motifs is 1. The topological polar surface area (TPSA) is 120 Å². The Labute approximate surface area is 145 Å². The van der Waals surface area contributed by atoms with E-state index in [1.54, 1.807) is 18.3 Å². The van der Waals surface area contributed by atoms with Crippen LogP contribution >= 0.6 is 0 Å². The Morgan fingerprint density at radius 3 is 2.58 bits per heavy atom. The van der Waals surface area contributed by atoms with Crippen LogP contribution in [0.4, 0.5) is 4.39 Å². The number of carbonyl (C=O) groups is 1. The number of pyridine rings is 1. The number of nitrogens with one attached hydrogen (secondary N) is 1. The van der Waals surface area contributed by atoms with E-state index >= 15 is 0 Å². The molecule has 0 spiro atoms. The summed E-state index contributed by atoms with van der Waals surface area (Å²) in [6.45, 7) is 0. The van der Waals surface area contributed by atoms with E-state index in [-0.39, 0.29) is 22.7 Å². The summed E-state index contributed by atoms with van der Waals surface area (Å²) >= 11 is 0. The Bertz CT molecular complexity index is 1180. The van der Waals surface area contributed by atoms with Crippen LogP contribution in [0, 0.1) is 5.82 Å². The van der Waals surface area contributed by atoms with Gasteiger partial charge in [0.05, 0.1) is 5.69 Å². The first-order valence-electron chi connectivity index (χ1n) is 7.53. The minimum absolute atomic E-state index is 0.111. The summed E-state index contributed by atoms with van der Waals surface area (Å²) in [6.07, 6.45) is 3.11. The zero-order valence-corrected chi connectivity index (χ0v) is 13.2. The molecule has 9 heteroatoms. The highest BCUT2D eigenvalue weighted by atomic mass is 19.1. The number of nitrogens with zero attached hydrogens (tertiary/aromatic N) is 4. The molecule has 3 aromatic heterocycles. The Hall–Kier alpha value is -3.88. The highest BCUT2D eigenvalue weighted by Crippen LogP contribution is 2.21. The van der Waals surface area contributed by atoms with Gasteiger partial charge >= 0.3 is 5.69 Å². The van der Waals surface area contributed by atoms with Crippen LogP contribution in [0.2, 0.25) is 0 Å². The van der Waals surface area contributed by atoms with E-state index in [1.165, 1.54) is 35.0 Å². The van der Waals surface area contributed by atoms with Gasteiger partial charge in [0, 0.05) is 18.0 Å². The SMILES string of the molecule is NC(=O)c1nc(-c2cccnc2)nc2c1[nH]c(=O)n2-c1ccc(F)cc1. The minimum atomic E-state index is -0.810. The molecule has 0 aliphatic heterocycles. The van der Waals surface area contributed by atoms with E-state index < -0.39 is 17.4 Å². The molecule has 0 bridgehead atoms. The molecule has 128 valence electrons. The van der Waals surface area contributed by atoms with Gasteiger partial charge in [-0.15, -0.1) is 0 Å². The van der Waals surface area contributed by atoms with Gasteiger partial charge in [-0.1, -0.05) is 0 Å². The zero-order chi connectivity index (χ0) is 18.3. The number of halogens is 1. The van der Waals surface area contributed by atoms with Crippen LogP contribution in [0.1, 0.15) is 10.5 Å². The largest absolute Gasteiger partial charge is 0.364 e. The number of primary amides is 1. The van der Waals surface area contributed by atoms with Crippen molar-refractivity contribution in [2.75, 3.05) is 0 Å². The third-order valence-electron chi connectivity index (χ3n) is 3.77. The fourth-order valence-corrected chi connectivity index (χ4v) is 2.62. The summed E-state index contributed by atoms with van der Waals surface area (Å²) in [5.74, 6) is -1.06. The van der Waals surface area contributed by atoms with Gasteiger partial charge in [-0.25, -0.2) is 23.7 Å². The number of amides is 1. The summed E-state index contributed by atoms with van der Waals surface area (Å²) in [4.78, 5) is 39.4. The Kier molecular flexibility index (Phi) is 3.54. The number of nitrogens with two attached hydrogens (primary N) is 1. The predicted octanol–water partition coefficient (Wildman–Crippen LogP) is 1.41. The second-order valence-corrected chi connectivity index (χ2v) is 5.44. The van der Waals surface area contributed by atoms with Gasteiger partial charge in [-0.05, 0) is 36.4 Å². The summed E-state index contributed by atoms with van der Waals surface area (Å²) in [7, 11) is 0. The minimum Gasteiger partial charge on any atom is -0.364 e. The summed E-state index contributed by atoms with van der Waals surface area (Å²) in [6, 6.07) is 8.71. The summed E-state index contributed by atoms with van der Waals surface area (Å²) in [5.41, 5.74) is 5.95. The molecule has 0 aliphatic carbocycles. The van der Waals surface area contributed by atoms with Gasteiger partial charge in [0.25, 0.3) is 5.91 Å². The number of imidazole rings is 1. The van der Waals surface area contributed by atoms with Crippen LogP contribution in [0.25, 0.3) is 28.2 Å². The fourth-order valence-electron chi connectivity index (χ4n) is 2.62. The van der Waals surface area contributed by atoms with Crippen molar-refractivity contribution in [1.29, 1.82) is 0 Å². The van der Waals surface area contributed by atoms with Crippen LogP contribution in [-0.2, 0) is 0 Å². The van der Waals surface area contributed by atoms with Crippen LogP contribution in [0.3, 0.4) is 0 Å². The fraction of sp³-hybridized carbons (Fsp3) is 0. The maximum absolute atomic E-state index is 13.2. The smallest absolute Gasteiger partial charge is 0.332 e. The standard InChI is InChI=1S/C17H11FN6O2/c18-10-3-5-11(6-4-10)24-16-13(22-17(24)26)12(14(19)25)21-15(23-16)9-2-1-7-20-8-9/h1-8H,(H2,19,25)(H,22,26). The second kappa shape index (κ2) is 5.88. The lowest BCUT2D eigenvalue weighted by atomic mass is 10.2. The average molecular weight is 350 g/mol. The van der Waals surface area contributed by atoms with Crippen LogP contribution in [0.5, 0.6) is 0 Å². The lowest BCUT2D eigenvalue weighted by Crippen LogP contribution is -2.15. The van der Waals surface area contributed by atoms with Gasteiger partial charge < -0.3 is 10.7 Å². The van der Waals surface area contributed by atoms with E-state index in [9.17, 15) is 14.0 Å². The molecule has 0 aliphatic rings. The molecule has 3 heterocycles. The number of H-pyrrole nitrogens is 1. The van der Waals surface area contributed by atoms with Crippen molar-refractivity contribution in [3.05, 3.63) is 70.8 Å². The molecule has 1 amide bonds. The highest BCUT2D eigenvalue weighted by molar-refractivity contribution is 6.02. The maximum atomic E-state index is 13.2. The van der Waals surface area contributed by atoms with Gasteiger partial charge in [-0.2, -0.15) is 0 Å². The molecule has 1 aromatic carbocycles. The van der Waals surface area contributed by atoms with Crippen molar-refractivity contribution in [2.24, 2.45) is 5.73 Å². The molecule has 4 aromatic rings. The van der Waals surface area contributed by atoms with Crippen LogP contribution in [0.15, 0.2) is 53.6 Å². The van der Waals surface area contributed by atoms with E-state index in [0.717, 1.165) is 0 Å². The molecule has 0 fully saturated rings. The van der Waals surface area contributed by atoms with Crippen LogP contribution < -0.4 is 11.4 Å². The zero-order valence-electron chi connectivity index (χ0n) is 13.2. The molecule has 8 nitrogen and oxygen atoms in total. The third-order valence-corrected chi connectivity index (χ3v) is 3.77. The molecular weight excluding hydrogens is 339 g/mol. The van der Waals surface area contributed by atoms with Crippen molar-refractivity contribution in [2.45, 2.75) is 0 Å². The normalized spacial score (nSPS) is 11.0. The molecule has 0 atom stereocenters. The molecule has 3 N–H and O–H groups in total. The lowest BCUT2D eigenvalue weighted by Gasteiger charge is -2.06. The van der Waals surface area contributed by atoms with Crippen LogP contribution in [-0.4, -0.2) is 30.4 Å². The first-order valence-corrected chi connectivity index (χ1v) is 7.53. The number of benzene rings is 1. The second-order valence-electron chi connectivity index (χ2n) is 5.44. The predicted molar refractivity (Wildman–Crippen MR) is 91.2 cm³/mol. The van der Waals surface area contributed by atoms with Crippen molar-refractivity contribution in [3.63, 3.8) is 0 Å². The number of aromatic amines is 1. The first kappa shape index (κ1) is 15.6. The Morgan fingerprint density at radius 1 is 1.15 bits per heavy atom. The van der Waals surface area contributed by atoms with Crippen molar-refractivity contribution in [1.82, 2.24) is 24.5 Å². The molecule has 4 rings (SSSR count). The lowest BCUT2D eigenvalue weighted by molar-refractivity contribution is 0.0997. The van der Waals surface area contributed by atoms with Crippen molar-refractivity contribution in [3.8, 4) is 17.1 Å². The number of hydrogen-bond acceptors (Lipinski definition) is 5. The van der Waals surface area contributed by atoms with E-state index in [2.05, 4.69) is 19.9 Å². The highest BCUT2D eigenvalue weighted by Gasteiger charge is 2.20. The average Bonchev–Trinajstić information content (AvgIpc) is 2.98. The molecule has 0 saturated heterocycles. The quantitative estimate of drug-likeness (QED) is 0.579. The molecule has 0 saturated carbocycles. The van der Waals surface area contributed by atoms with Gasteiger partial charge in [0.2, 0.25) is 0 Å². The number of carbonyl (C=O) groups excluding carboxylic acids is 1. The number of hydrogen-bond donors (Lipinski definition) is 2. The number of rotatable bonds is 3. The molecule has 26 heavy (non-hydrogen) atoms. The number of aromatic nitrogens is 5. The van der Waals surface area contributed by atoms with Gasteiger partial charge in [0.15, 0.2) is 17.2 Å². The first-order chi connectivity index (χ1) is 12.5. The summed E-state index contributed by atoms with van der Waals surface area (Å²) in [5, 5.41) is 0. The molecule has 0 unspecified atom stereocenters. The maximum Gasteiger partial charge on any atom is 0.332 e. The van der Waals surface area contributed by atoms with Gasteiger partial charge in [0.1, 0.15) is 11.3 Å². The third kappa shape index (κ3) is 2.51. The molecule has 0 radical (unpaired) electrons. The summed E-state index contributed by atoms with van der Waals surface area (Å²) < 4.78 is 14.4. The van der Waals surface area contributed by atoms with E-state index in [4.69, 9.17) is 5.73 Å². The van der Waals surface area contributed by atoms with E-state index in [1.807, 2.05) is 0 Å². The van der Waals surface area contributed by atoms with Crippen molar-refractivity contribution < 1.29 is 9.18 Å². The van der Waals surface area contributed by atoms with Gasteiger partial charge in [-0.3, -0.25) is 9.78 Å². The Balaban J connectivity index is 2.06. The monoisotopic (exact) mass is 350 g/mol. The Morgan fingerprint density at radius 2 is 1.92 bits per heavy atom. The van der Waals surface area contributed by atoms with E-state index in [0.29, 0.717) is 11.3 Å². The van der Waals surface area contributed by atoms with Crippen molar-refractivity contribution >= 4 is 17.1 Å².